The molecule has 1 N–H and O–H groups in total. The second kappa shape index (κ2) is 6.75. The molecule has 0 saturated carbocycles. The van der Waals surface area contributed by atoms with Gasteiger partial charge in [0.15, 0.2) is 0 Å². The molecule has 3 nitrogen and oxygen atoms in total. The number of nitrogens with one attached hydrogen (secondary N) is 1. The van der Waals surface area contributed by atoms with Crippen LogP contribution in [0.2, 0.25) is 5.02 Å². The fourth-order valence-corrected chi connectivity index (χ4v) is 3.11. The Kier molecular flexibility index (Phi) is 5.27. The number of nitriles is 1. The molecule has 27 heavy (non-hydrogen) atoms. The second-order valence-electron chi connectivity index (χ2n) is 6.35. The van der Waals surface area contributed by atoms with Crippen LogP contribution < -0.4 is 4.90 Å². The van der Waals surface area contributed by atoms with E-state index in [0.717, 1.165) is 11.0 Å². The van der Waals surface area contributed by atoms with E-state index in [1.54, 1.807) is 0 Å². The van der Waals surface area contributed by atoms with Crippen LogP contribution in [0.3, 0.4) is 0 Å². The molecule has 146 valence electrons. The monoisotopic (exact) mass is 409 g/mol. The number of halogens is 7. The van der Waals surface area contributed by atoms with Gasteiger partial charge in [-0.25, -0.2) is 0 Å². The molecule has 1 aliphatic heterocycles. The fourth-order valence-electron chi connectivity index (χ4n) is 2.98. The summed E-state index contributed by atoms with van der Waals surface area (Å²) in [6.45, 7) is 2.82. The number of hydrogen-bond acceptors (Lipinski definition) is 2. The van der Waals surface area contributed by atoms with Gasteiger partial charge < -0.3 is 4.90 Å². The first-order valence-corrected chi connectivity index (χ1v) is 8.05. The van der Waals surface area contributed by atoms with E-state index in [1.807, 2.05) is 0 Å². The van der Waals surface area contributed by atoms with E-state index in [9.17, 15) is 31.6 Å². The minimum Gasteiger partial charge on any atom is -0.302 e. The van der Waals surface area contributed by atoms with E-state index in [4.69, 9.17) is 17.0 Å². The molecule has 1 atom stereocenters. The lowest BCUT2D eigenvalue weighted by atomic mass is 9.69. The van der Waals surface area contributed by atoms with Crippen molar-refractivity contribution in [1.29, 1.82) is 10.7 Å². The Morgan fingerprint density at radius 1 is 1.11 bits per heavy atom. The van der Waals surface area contributed by atoms with Gasteiger partial charge in [-0.1, -0.05) is 25.4 Å². The van der Waals surface area contributed by atoms with Crippen molar-refractivity contribution in [1.82, 2.24) is 0 Å². The van der Waals surface area contributed by atoms with Crippen molar-refractivity contribution in [2.24, 2.45) is 17.3 Å². The van der Waals surface area contributed by atoms with Gasteiger partial charge in [-0.3, -0.25) is 5.41 Å². The number of hydrogen-bond donors (Lipinski definition) is 1. The average molecular weight is 410 g/mol. The van der Waals surface area contributed by atoms with Gasteiger partial charge in [0.2, 0.25) is 5.41 Å². The van der Waals surface area contributed by atoms with Crippen molar-refractivity contribution >= 4 is 23.1 Å². The highest BCUT2D eigenvalue weighted by molar-refractivity contribution is 6.30. The minimum atomic E-state index is -5.82. The van der Waals surface area contributed by atoms with Gasteiger partial charge in [0, 0.05) is 16.4 Å². The molecule has 0 fully saturated rings. The van der Waals surface area contributed by atoms with Gasteiger partial charge in [-0.05, 0) is 36.3 Å². The van der Waals surface area contributed by atoms with Crippen LogP contribution >= 0.6 is 11.6 Å². The van der Waals surface area contributed by atoms with Crippen LogP contribution in [0.1, 0.15) is 13.8 Å². The zero-order valence-electron chi connectivity index (χ0n) is 14.1. The lowest BCUT2D eigenvalue weighted by Crippen LogP contribution is -2.61. The molecule has 10 heteroatoms. The van der Waals surface area contributed by atoms with Gasteiger partial charge in [0.1, 0.15) is 11.8 Å². The van der Waals surface area contributed by atoms with Crippen LogP contribution in [0.4, 0.5) is 32.0 Å². The van der Waals surface area contributed by atoms with E-state index in [2.05, 4.69) is 0 Å². The summed E-state index contributed by atoms with van der Waals surface area (Å²) in [5, 5.41) is 17.6. The summed E-state index contributed by atoms with van der Waals surface area (Å²) >= 11 is 5.77. The third-order valence-corrected chi connectivity index (χ3v) is 4.60. The number of amidine groups is 1. The highest BCUT2D eigenvalue weighted by Crippen LogP contribution is 2.59. The van der Waals surface area contributed by atoms with E-state index >= 15 is 0 Å². The summed E-state index contributed by atoms with van der Waals surface area (Å²) in [5.74, 6) is -4.68. The number of alkyl halides is 6. The molecule has 1 aromatic rings. The molecular weight excluding hydrogens is 396 g/mol. The normalized spacial score (nSPS) is 20.5. The Morgan fingerprint density at radius 3 is 1.96 bits per heavy atom. The summed E-state index contributed by atoms with van der Waals surface area (Å²) < 4.78 is 82.0. The first-order valence-electron chi connectivity index (χ1n) is 7.68. The van der Waals surface area contributed by atoms with Gasteiger partial charge in [0.05, 0.1) is 6.07 Å². The molecule has 0 aromatic heterocycles. The van der Waals surface area contributed by atoms with Crippen molar-refractivity contribution in [2.75, 3.05) is 4.90 Å². The number of allylic oxidation sites excluding steroid dienone is 2. The maximum atomic E-state index is 13.7. The fraction of sp³-hybridized carbons (Fsp3) is 0.412. The maximum Gasteiger partial charge on any atom is 0.408 e. The van der Waals surface area contributed by atoms with E-state index in [0.29, 0.717) is 5.02 Å². The molecule has 1 heterocycles. The van der Waals surface area contributed by atoms with E-state index in [-0.39, 0.29) is 17.5 Å². The molecule has 0 saturated heterocycles. The first kappa shape index (κ1) is 21.1. The molecule has 0 amide bonds. The Morgan fingerprint density at radius 2 is 1.59 bits per heavy atom. The van der Waals surface area contributed by atoms with Crippen molar-refractivity contribution in [3.05, 3.63) is 41.1 Å². The van der Waals surface area contributed by atoms with Crippen LogP contribution in [0, 0.1) is 34.0 Å². The van der Waals surface area contributed by atoms with Crippen LogP contribution in [-0.4, -0.2) is 18.2 Å². The highest BCUT2D eigenvalue weighted by atomic mass is 35.5. The van der Waals surface area contributed by atoms with E-state index < -0.39 is 35.4 Å². The molecular formula is C17H14ClF6N3. The van der Waals surface area contributed by atoms with Gasteiger partial charge in [-0.15, -0.1) is 0 Å². The van der Waals surface area contributed by atoms with Crippen molar-refractivity contribution < 1.29 is 26.3 Å². The number of nitrogens with zero attached hydrogens (tertiary/aromatic N) is 2. The quantitative estimate of drug-likeness (QED) is 0.616. The summed E-state index contributed by atoms with van der Waals surface area (Å²) in [6.07, 6.45) is -11.6. The van der Waals surface area contributed by atoms with Crippen molar-refractivity contribution in [3.8, 4) is 6.07 Å². The molecule has 1 aliphatic rings. The zero-order valence-corrected chi connectivity index (χ0v) is 14.8. The lowest BCUT2D eigenvalue weighted by molar-refractivity contribution is -0.327. The van der Waals surface area contributed by atoms with Crippen LogP contribution in [0.25, 0.3) is 0 Å². The Labute approximate surface area is 156 Å². The topological polar surface area (TPSA) is 50.9 Å². The Bertz CT molecular complexity index is 788. The third kappa shape index (κ3) is 3.27. The predicted molar refractivity (Wildman–Crippen MR) is 88.2 cm³/mol. The standard InChI is InChI=1S/C17H14ClF6N3/c1-9(2)13-7-15(16(19,20)21,17(22,23)24)12(8-25)14(26)27(13)11-5-3-10(18)4-6-11/h3-7,9,12,26H,1-2H3. The van der Waals surface area contributed by atoms with Crippen molar-refractivity contribution in [3.63, 3.8) is 0 Å². The summed E-state index contributed by atoms with van der Waals surface area (Å²) in [7, 11) is 0. The van der Waals surface area contributed by atoms with Crippen molar-refractivity contribution in [2.45, 2.75) is 26.2 Å². The first-order chi connectivity index (χ1) is 12.3. The van der Waals surface area contributed by atoms with Crippen LogP contribution in [0.5, 0.6) is 0 Å². The highest BCUT2D eigenvalue weighted by Gasteiger charge is 2.76. The second-order valence-corrected chi connectivity index (χ2v) is 6.78. The Balaban J connectivity index is 2.86. The molecule has 2 rings (SSSR count). The molecule has 1 unspecified atom stereocenters. The van der Waals surface area contributed by atoms with E-state index in [1.165, 1.54) is 38.1 Å². The average Bonchev–Trinajstić information content (AvgIpc) is 2.52. The van der Waals surface area contributed by atoms with Gasteiger partial charge in [0.25, 0.3) is 0 Å². The summed E-state index contributed by atoms with van der Waals surface area (Å²) in [4.78, 5) is 0.935. The van der Waals surface area contributed by atoms with Crippen LogP contribution in [-0.2, 0) is 0 Å². The zero-order chi connectivity index (χ0) is 20.8. The molecule has 0 bridgehead atoms. The summed E-state index contributed by atoms with van der Waals surface area (Å²) in [5.41, 5.74) is -4.69. The number of rotatable bonds is 2. The number of anilines is 1. The number of benzene rings is 1. The SMILES string of the molecule is CC(C)C1=CC(C(F)(F)F)(C(F)(F)F)C(C#N)C(=N)N1c1ccc(Cl)cc1. The third-order valence-electron chi connectivity index (χ3n) is 4.35. The molecule has 0 spiro atoms. The largest absolute Gasteiger partial charge is 0.408 e. The van der Waals surface area contributed by atoms with Gasteiger partial charge in [-0.2, -0.15) is 31.6 Å². The van der Waals surface area contributed by atoms with Crippen LogP contribution in [0.15, 0.2) is 36.0 Å². The molecule has 1 aromatic carbocycles. The smallest absolute Gasteiger partial charge is 0.302 e. The summed E-state index contributed by atoms with van der Waals surface area (Å²) in [6, 6.07) is 6.54. The lowest BCUT2D eigenvalue weighted by Gasteiger charge is -2.46. The minimum absolute atomic E-state index is 0.0399. The van der Waals surface area contributed by atoms with Gasteiger partial charge >= 0.3 is 12.4 Å². The molecule has 0 radical (unpaired) electrons. The predicted octanol–water partition coefficient (Wildman–Crippen LogP) is 5.93. The Hall–Kier alpha value is -2.21. The molecule has 0 aliphatic carbocycles. The maximum absolute atomic E-state index is 13.7.